The quantitative estimate of drug-likeness (QED) is 0.212. The topological polar surface area (TPSA) is 62.1 Å². The molecule has 0 aromatic carbocycles. The number of allylic oxidation sites excluding steroid dienone is 2. The third-order valence-electron chi connectivity index (χ3n) is 4.44. The van der Waals surface area contributed by atoms with Crippen molar-refractivity contribution in [1.82, 2.24) is 16.2 Å². The molecule has 0 heterocycles. The minimum absolute atomic E-state index is 0.128. The highest BCUT2D eigenvalue weighted by Crippen LogP contribution is 2.34. The molecule has 5 N–H and O–H groups in total. The van der Waals surface area contributed by atoms with Crippen molar-refractivity contribution in [2.75, 3.05) is 26.7 Å². The molecule has 134 valence electrons. The molecule has 0 fully saturated rings. The fourth-order valence-electron chi connectivity index (χ4n) is 2.56. The van der Waals surface area contributed by atoms with Crippen LogP contribution in [-0.2, 0) is 0 Å². The molecule has 4 heteroatoms. The third kappa shape index (κ3) is 10.3. The van der Waals surface area contributed by atoms with Crippen LogP contribution in [0, 0.1) is 11.3 Å². The molecule has 0 saturated carbocycles. The summed E-state index contributed by atoms with van der Waals surface area (Å²) in [5, 5.41) is 3.48. The molecule has 0 spiro atoms. The van der Waals surface area contributed by atoms with Gasteiger partial charge < -0.3 is 16.5 Å². The highest BCUT2D eigenvalue weighted by molar-refractivity contribution is 5.03. The van der Waals surface area contributed by atoms with Crippen molar-refractivity contribution in [2.24, 2.45) is 17.1 Å². The average molecular weight is 323 g/mol. The van der Waals surface area contributed by atoms with Gasteiger partial charge in [-0.3, -0.25) is 0 Å². The Balaban J connectivity index is 4.37. The van der Waals surface area contributed by atoms with Gasteiger partial charge in [-0.25, -0.2) is 5.43 Å². The van der Waals surface area contributed by atoms with Crippen molar-refractivity contribution in [2.45, 2.75) is 46.0 Å². The van der Waals surface area contributed by atoms with Gasteiger partial charge in [0, 0.05) is 12.7 Å². The van der Waals surface area contributed by atoms with E-state index in [-0.39, 0.29) is 5.41 Å². The second-order valence-corrected chi connectivity index (χ2v) is 6.94. The normalized spacial score (nSPS) is 12.7. The number of nitrogens with two attached hydrogens (primary N) is 1. The van der Waals surface area contributed by atoms with E-state index in [0.29, 0.717) is 12.5 Å². The van der Waals surface area contributed by atoms with Crippen LogP contribution in [-0.4, -0.2) is 26.7 Å². The van der Waals surface area contributed by atoms with Crippen molar-refractivity contribution in [1.29, 1.82) is 0 Å². The summed E-state index contributed by atoms with van der Waals surface area (Å²) in [7, 11) is 1.85. The van der Waals surface area contributed by atoms with Crippen LogP contribution in [0.1, 0.15) is 46.0 Å². The lowest BCUT2D eigenvalue weighted by atomic mass is 9.73. The molecule has 23 heavy (non-hydrogen) atoms. The molecule has 0 amide bonds. The van der Waals surface area contributed by atoms with Gasteiger partial charge >= 0.3 is 0 Å². The summed E-state index contributed by atoms with van der Waals surface area (Å²) in [6.07, 6.45) is 6.98. The first-order valence-electron chi connectivity index (χ1n) is 8.66. The van der Waals surface area contributed by atoms with Crippen molar-refractivity contribution in [3.05, 3.63) is 37.1 Å². The minimum Gasteiger partial charge on any atom is -0.330 e. The van der Waals surface area contributed by atoms with Crippen LogP contribution in [0.15, 0.2) is 37.1 Å². The van der Waals surface area contributed by atoms with Gasteiger partial charge in [0.2, 0.25) is 0 Å². The lowest BCUT2D eigenvalue weighted by molar-refractivity contribution is 0.204. The summed E-state index contributed by atoms with van der Waals surface area (Å²) < 4.78 is 0. The van der Waals surface area contributed by atoms with E-state index in [0.717, 1.165) is 50.9 Å². The van der Waals surface area contributed by atoms with Gasteiger partial charge in [0.05, 0.1) is 0 Å². The number of nitrogens with one attached hydrogen (secondary N) is 3. The first kappa shape index (κ1) is 21.9. The smallest absolute Gasteiger partial charge is 0.0193 e. The van der Waals surface area contributed by atoms with Crippen LogP contribution in [0.3, 0.4) is 0 Å². The zero-order valence-corrected chi connectivity index (χ0v) is 15.5. The van der Waals surface area contributed by atoms with E-state index in [1.54, 1.807) is 0 Å². The fraction of sp³-hybridized carbons (Fsp3) is 0.684. The maximum absolute atomic E-state index is 6.00. The molecule has 0 radical (unpaired) electrons. The zero-order chi connectivity index (χ0) is 17.7. The van der Waals surface area contributed by atoms with Crippen LogP contribution in [0.2, 0.25) is 0 Å². The Morgan fingerprint density at radius 1 is 1.22 bits per heavy atom. The van der Waals surface area contributed by atoms with E-state index < -0.39 is 0 Å². The average Bonchev–Trinajstić information content (AvgIpc) is 2.51. The number of hydrogen-bond donors (Lipinski definition) is 4. The van der Waals surface area contributed by atoms with Crippen LogP contribution in [0.25, 0.3) is 0 Å². The molecule has 0 rings (SSSR count). The van der Waals surface area contributed by atoms with Gasteiger partial charge in [-0.1, -0.05) is 38.7 Å². The molecular formula is C19H38N4. The standard InChI is InChI=1S/C19H38N4/c1-7-8-12-22-13-11-18(19(4,5)15-20)14-16(2)9-10-17(3)23-21-6/h7,18,21-23H,1-3,8-15,20H2,4-6H3. The van der Waals surface area contributed by atoms with Gasteiger partial charge in [0.25, 0.3) is 0 Å². The van der Waals surface area contributed by atoms with Gasteiger partial charge in [-0.05, 0) is 63.1 Å². The van der Waals surface area contributed by atoms with Crippen molar-refractivity contribution in [3.63, 3.8) is 0 Å². The first-order chi connectivity index (χ1) is 10.9. The van der Waals surface area contributed by atoms with Crippen LogP contribution in [0.4, 0.5) is 0 Å². The van der Waals surface area contributed by atoms with Gasteiger partial charge in [0.15, 0.2) is 0 Å². The fourth-order valence-corrected chi connectivity index (χ4v) is 2.56. The largest absolute Gasteiger partial charge is 0.330 e. The number of rotatable bonds is 15. The van der Waals surface area contributed by atoms with Gasteiger partial charge in [-0.2, -0.15) is 0 Å². The Hall–Kier alpha value is -1.10. The summed E-state index contributed by atoms with van der Waals surface area (Å²) in [6, 6.07) is 0. The summed E-state index contributed by atoms with van der Waals surface area (Å²) >= 11 is 0. The van der Waals surface area contributed by atoms with E-state index in [9.17, 15) is 0 Å². The summed E-state index contributed by atoms with van der Waals surface area (Å²) in [5.74, 6) is 0.543. The molecule has 0 aromatic heterocycles. The van der Waals surface area contributed by atoms with E-state index in [4.69, 9.17) is 5.73 Å². The molecule has 0 aliphatic heterocycles. The lowest BCUT2D eigenvalue weighted by Crippen LogP contribution is -2.34. The Labute approximate surface area is 143 Å². The summed E-state index contributed by atoms with van der Waals surface area (Å²) in [6.45, 7) is 19.2. The second kappa shape index (κ2) is 12.3. The molecule has 1 unspecified atom stereocenters. The zero-order valence-electron chi connectivity index (χ0n) is 15.5. The van der Waals surface area contributed by atoms with E-state index in [2.05, 4.69) is 49.8 Å². The van der Waals surface area contributed by atoms with Gasteiger partial charge in [0.1, 0.15) is 0 Å². The van der Waals surface area contributed by atoms with Crippen LogP contribution >= 0.6 is 0 Å². The number of hydrogen-bond acceptors (Lipinski definition) is 4. The van der Waals surface area contributed by atoms with Crippen molar-refractivity contribution in [3.8, 4) is 0 Å². The Bertz CT molecular complexity index is 360. The minimum atomic E-state index is 0.128. The van der Waals surface area contributed by atoms with E-state index >= 15 is 0 Å². The highest BCUT2D eigenvalue weighted by atomic mass is 15.3. The second-order valence-electron chi connectivity index (χ2n) is 6.94. The first-order valence-corrected chi connectivity index (χ1v) is 8.66. The SMILES string of the molecule is C=CCCNCCC(CC(=C)CCC(=C)NNC)C(C)(C)CN. The molecule has 0 saturated heterocycles. The highest BCUT2D eigenvalue weighted by Gasteiger charge is 2.28. The van der Waals surface area contributed by atoms with Crippen LogP contribution < -0.4 is 21.9 Å². The number of hydrazine groups is 1. The molecule has 0 bridgehead atoms. The molecule has 0 aromatic rings. The molecule has 0 aliphatic carbocycles. The Kier molecular flexibility index (Phi) is 11.7. The van der Waals surface area contributed by atoms with Crippen LogP contribution in [0.5, 0.6) is 0 Å². The van der Waals surface area contributed by atoms with Gasteiger partial charge in [-0.15, -0.1) is 6.58 Å². The Morgan fingerprint density at radius 2 is 1.91 bits per heavy atom. The molecule has 1 atom stereocenters. The molecule has 0 aliphatic rings. The van der Waals surface area contributed by atoms with Crippen molar-refractivity contribution >= 4 is 0 Å². The van der Waals surface area contributed by atoms with E-state index in [1.165, 1.54) is 5.57 Å². The van der Waals surface area contributed by atoms with Crippen molar-refractivity contribution < 1.29 is 0 Å². The predicted octanol–water partition coefficient (Wildman–Crippen LogP) is 3.11. The molecule has 4 nitrogen and oxygen atoms in total. The lowest BCUT2D eigenvalue weighted by Gasteiger charge is -2.34. The predicted molar refractivity (Wildman–Crippen MR) is 103 cm³/mol. The maximum atomic E-state index is 6.00. The Morgan fingerprint density at radius 3 is 2.48 bits per heavy atom. The summed E-state index contributed by atoms with van der Waals surface area (Å²) in [4.78, 5) is 0. The maximum Gasteiger partial charge on any atom is 0.0193 e. The molecular weight excluding hydrogens is 284 g/mol. The third-order valence-corrected chi connectivity index (χ3v) is 4.44. The summed E-state index contributed by atoms with van der Waals surface area (Å²) in [5.41, 5.74) is 14.3. The monoisotopic (exact) mass is 322 g/mol. The van der Waals surface area contributed by atoms with E-state index in [1.807, 2.05) is 13.1 Å².